The highest BCUT2D eigenvalue weighted by Gasteiger charge is 2.34. The molecule has 1 fully saturated rings. The second kappa shape index (κ2) is 5.94. The van der Waals surface area contributed by atoms with Gasteiger partial charge >= 0.3 is 12.1 Å². The predicted octanol–water partition coefficient (Wildman–Crippen LogP) is 2.28. The average Bonchev–Trinajstić information content (AvgIpc) is 2.45. The van der Waals surface area contributed by atoms with Crippen molar-refractivity contribution in [2.75, 3.05) is 13.1 Å². The summed E-state index contributed by atoms with van der Waals surface area (Å²) in [6.45, 7) is 2.27. The van der Waals surface area contributed by atoms with Gasteiger partial charge in [-0.05, 0) is 24.5 Å². The van der Waals surface area contributed by atoms with Gasteiger partial charge in [0.05, 0.1) is 11.5 Å². The highest BCUT2D eigenvalue weighted by Crippen LogP contribution is 2.28. The van der Waals surface area contributed by atoms with E-state index in [-0.39, 0.29) is 18.0 Å². The number of amides is 1. The molecule has 0 radical (unpaired) electrons. The second-order valence-corrected chi connectivity index (χ2v) is 5.52. The Bertz CT molecular complexity index is 572. The van der Waals surface area contributed by atoms with E-state index in [0.717, 1.165) is 18.3 Å². The summed E-state index contributed by atoms with van der Waals surface area (Å²) in [6.07, 6.45) is -3.21. The van der Waals surface area contributed by atoms with Crippen LogP contribution < -0.4 is 0 Å². The molecule has 1 aliphatic heterocycles. The fourth-order valence-electron chi connectivity index (χ4n) is 2.57. The largest absolute Gasteiger partial charge is 0.481 e. The lowest BCUT2D eigenvalue weighted by atomic mass is 9.90. The van der Waals surface area contributed by atoms with E-state index in [9.17, 15) is 22.8 Å². The Morgan fingerprint density at radius 2 is 2.00 bits per heavy atom. The first-order valence-electron chi connectivity index (χ1n) is 6.74. The quantitative estimate of drug-likeness (QED) is 0.909. The lowest BCUT2D eigenvalue weighted by Crippen LogP contribution is -2.45. The van der Waals surface area contributed by atoms with E-state index in [0.29, 0.717) is 13.0 Å². The maximum Gasteiger partial charge on any atom is 0.433 e. The summed E-state index contributed by atoms with van der Waals surface area (Å²) in [5.74, 6) is -2.12. The van der Waals surface area contributed by atoms with Gasteiger partial charge in [-0.2, -0.15) is 13.2 Å². The fourth-order valence-corrected chi connectivity index (χ4v) is 2.57. The molecule has 1 aliphatic rings. The number of aliphatic carboxylic acids is 1. The van der Waals surface area contributed by atoms with Crippen molar-refractivity contribution in [2.24, 2.45) is 11.8 Å². The van der Waals surface area contributed by atoms with Crippen molar-refractivity contribution in [1.82, 2.24) is 9.88 Å². The number of halogens is 3. The van der Waals surface area contributed by atoms with Gasteiger partial charge in [-0.3, -0.25) is 14.6 Å². The summed E-state index contributed by atoms with van der Waals surface area (Å²) in [4.78, 5) is 28.0. The molecule has 1 saturated heterocycles. The van der Waals surface area contributed by atoms with Crippen LogP contribution in [0.2, 0.25) is 0 Å². The number of alkyl halides is 3. The number of carboxylic acids is 1. The number of hydrogen-bond acceptors (Lipinski definition) is 3. The number of piperidine rings is 1. The highest BCUT2D eigenvalue weighted by atomic mass is 19.4. The summed E-state index contributed by atoms with van der Waals surface area (Å²) in [5, 5.41) is 9.08. The number of aromatic nitrogens is 1. The lowest BCUT2D eigenvalue weighted by Gasteiger charge is -2.34. The number of carbonyl (C=O) groups is 2. The third-order valence-corrected chi connectivity index (χ3v) is 3.60. The zero-order chi connectivity index (χ0) is 16.5. The van der Waals surface area contributed by atoms with Crippen molar-refractivity contribution in [3.8, 4) is 0 Å². The number of rotatable bonds is 2. The van der Waals surface area contributed by atoms with E-state index in [1.807, 2.05) is 6.92 Å². The molecule has 0 bridgehead atoms. The van der Waals surface area contributed by atoms with E-state index < -0.39 is 29.7 Å². The first-order chi connectivity index (χ1) is 10.2. The maximum absolute atomic E-state index is 12.4. The molecule has 0 spiro atoms. The SMILES string of the molecule is CC1CC(C(=O)O)CN(C(=O)c2ccc(C(F)(F)F)nc2)C1. The van der Waals surface area contributed by atoms with Crippen LogP contribution in [0.25, 0.3) is 0 Å². The number of carbonyl (C=O) groups excluding carboxylic acids is 1. The molecule has 2 atom stereocenters. The molecule has 120 valence electrons. The van der Waals surface area contributed by atoms with E-state index in [1.54, 1.807) is 0 Å². The van der Waals surface area contributed by atoms with Gasteiger partial charge in [0.15, 0.2) is 0 Å². The normalized spacial score (nSPS) is 22.5. The zero-order valence-corrected chi connectivity index (χ0v) is 11.8. The molecule has 5 nitrogen and oxygen atoms in total. The minimum atomic E-state index is -4.56. The third-order valence-electron chi connectivity index (χ3n) is 3.60. The van der Waals surface area contributed by atoms with Gasteiger partial charge in [-0.1, -0.05) is 6.92 Å². The Labute approximate surface area is 124 Å². The van der Waals surface area contributed by atoms with Gasteiger partial charge in [0, 0.05) is 19.3 Å². The van der Waals surface area contributed by atoms with Crippen LogP contribution in [0.1, 0.15) is 29.4 Å². The number of carboxylic acid groups (broad SMARTS) is 1. The van der Waals surface area contributed by atoms with Crippen LogP contribution in [-0.2, 0) is 11.0 Å². The van der Waals surface area contributed by atoms with E-state index >= 15 is 0 Å². The summed E-state index contributed by atoms with van der Waals surface area (Å²) in [6, 6.07) is 1.81. The fraction of sp³-hybridized carbons (Fsp3) is 0.500. The molecule has 2 rings (SSSR count). The third kappa shape index (κ3) is 3.55. The Hall–Kier alpha value is -2.12. The van der Waals surface area contributed by atoms with Gasteiger partial charge in [0.25, 0.3) is 5.91 Å². The first kappa shape index (κ1) is 16.3. The molecule has 2 unspecified atom stereocenters. The molecule has 0 aromatic carbocycles. The van der Waals surface area contributed by atoms with Gasteiger partial charge in [-0.25, -0.2) is 0 Å². The Morgan fingerprint density at radius 3 is 2.50 bits per heavy atom. The van der Waals surface area contributed by atoms with E-state index in [1.165, 1.54) is 4.90 Å². The number of hydrogen-bond donors (Lipinski definition) is 1. The van der Waals surface area contributed by atoms with Crippen molar-refractivity contribution >= 4 is 11.9 Å². The molecule has 1 aromatic rings. The number of likely N-dealkylation sites (tertiary alicyclic amines) is 1. The standard InChI is InChI=1S/C14H15F3N2O3/c1-8-4-10(13(21)22)7-19(6-8)12(20)9-2-3-11(18-5-9)14(15,16)17/h2-3,5,8,10H,4,6-7H2,1H3,(H,21,22). The molecule has 2 heterocycles. The minimum absolute atomic E-state index is 0.0150. The van der Waals surface area contributed by atoms with Crippen LogP contribution in [0.5, 0.6) is 0 Å². The predicted molar refractivity (Wildman–Crippen MR) is 70.0 cm³/mol. The van der Waals surface area contributed by atoms with Crippen LogP contribution in [-0.4, -0.2) is 40.0 Å². The molecule has 1 amide bonds. The molecular weight excluding hydrogens is 301 g/mol. The van der Waals surface area contributed by atoms with Gasteiger partial charge in [0.1, 0.15) is 5.69 Å². The zero-order valence-electron chi connectivity index (χ0n) is 11.8. The number of pyridine rings is 1. The van der Waals surface area contributed by atoms with Crippen molar-refractivity contribution < 1.29 is 27.9 Å². The summed E-state index contributed by atoms with van der Waals surface area (Å²) >= 11 is 0. The molecular formula is C14H15F3N2O3. The van der Waals surface area contributed by atoms with Crippen LogP contribution in [0.3, 0.4) is 0 Å². The Kier molecular flexibility index (Phi) is 4.39. The van der Waals surface area contributed by atoms with Crippen molar-refractivity contribution in [1.29, 1.82) is 0 Å². The van der Waals surface area contributed by atoms with Crippen molar-refractivity contribution in [3.05, 3.63) is 29.6 Å². The Balaban J connectivity index is 2.15. The summed E-state index contributed by atoms with van der Waals surface area (Å²) in [7, 11) is 0. The molecule has 8 heteroatoms. The molecule has 0 saturated carbocycles. The topological polar surface area (TPSA) is 70.5 Å². The maximum atomic E-state index is 12.4. The molecule has 22 heavy (non-hydrogen) atoms. The van der Waals surface area contributed by atoms with Crippen LogP contribution in [0.4, 0.5) is 13.2 Å². The average molecular weight is 316 g/mol. The molecule has 1 N–H and O–H groups in total. The smallest absolute Gasteiger partial charge is 0.433 e. The van der Waals surface area contributed by atoms with Crippen LogP contribution >= 0.6 is 0 Å². The molecule has 0 aliphatic carbocycles. The van der Waals surface area contributed by atoms with Gasteiger partial charge in [-0.15, -0.1) is 0 Å². The summed E-state index contributed by atoms with van der Waals surface area (Å²) in [5.41, 5.74) is -1.05. The Morgan fingerprint density at radius 1 is 1.32 bits per heavy atom. The monoisotopic (exact) mass is 316 g/mol. The highest BCUT2D eigenvalue weighted by molar-refractivity contribution is 5.94. The number of nitrogens with zero attached hydrogens (tertiary/aromatic N) is 2. The summed E-state index contributed by atoms with van der Waals surface area (Å²) < 4.78 is 37.3. The van der Waals surface area contributed by atoms with Crippen LogP contribution in [0, 0.1) is 11.8 Å². The van der Waals surface area contributed by atoms with E-state index in [4.69, 9.17) is 5.11 Å². The minimum Gasteiger partial charge on any atom is -0.481 e. The first-order valence-corrected chi connectivity index (χ1v) is 6.74. The van der Waals surface area contributed by atoms with Gasteiger partial charge in [0.2, 0.25) is 0 Å². The second-order valence-electron chi connectivity index (χ2n) is 5.52. The lowest BCUT2D eigenvalue weighted by molar-refractivity contribution is -0.144. The molecule has 1 aromatic heterocycles. The van der Waals surface area contributed by atoms with Crippen LogP contribution in [0.15, 0.2) is 18.3 Å². The van der Waals surface area contributed by atoms with Crippen molar-refractivity contribution in [3.63, 3.8) is 0 Å². The van der Waals surface area contributed by atoms with E-state index in [2.05, 4.69) is 4.98 Å². The van der Waals surface area contributed by atoms with Crippen molar-refractivity contribution in [2.45, 2.75) is 19.5 Å². The van der Waals surface area contributed by atoms with Gasteiger partial charge < -0.3 is 10.0 Å².